The van der Waals surface area contributed by atoms with Crippen LogP contribution in [-0.2, 0) is 15.4 Å². The van der Waals surface area contributed by atoms with Crippen LogP contribution in [0.25, 0.3) is 0 Å². The Hall–Kier alpha value is -1.08. The van der Waals surface area contributed by atoms with E-state index in [-0.39, 0.29) is 10.6 Å². The standard InChI is InChI=1S/C13H17F3O3S/c1-3-8-20(18,19)11-7-5-6-10(9-11)12(17,4-2)13(14,15)16/h5-7,9,17H,3-4,8H2,1-2H3. The smallest absolute Gasteiger partial charge is 0.376 e. The van der Waals surface area contributed by atoms with Crippen molar-refractivity contribution in [2.75, 3.05) is 5.75 Å². The van der Waals surface area contributed by atoms with E-state index in [1.165, 1.54) is 19.1 Å². The van der Waals surface area contributed by atoms with Crippen LogP contribution in [0.5, 0.6) is 0 Å². The van der Waals surface area contributed by atoms with E-state index in [4.69, 9.17) is 0 Å². The number of aliphatic hydroxyl groups is 1. The van der Waals surface area contributed by atoms with E-state index >= 15 is 0 Å². The first-order valence-electron chi connectivity index (χ1n) is 6.21. The molecule has 114 valence electrons. The number of sulfone groups is 1. The molecule has 1 unspecified atom stereocenters. The van der Waals surface area contributed by atoms with E-state index in [9.17, 15) is 26.7 Å². The second kappa shape index (κ2) is 5.73. The monoisotopic (exact) mass is 310 g/mol. The molecule has 0 aromatic heterocycles. The van der Waals surface area contributed by atoms with E-state index in [0.29, 0.717) is 6.42 Å². The highest BCUT2D eigenvalue weighted by molar-refractivity contribution is 7.91. The van der Waals surface area contributed by atoms with E-state index < -0.39 is 33.6 Å². The molecule has 1 N–H and O–H groups in total. The van der Waals surface area contributed by atoms with Gasteiger partial charge in [0.25, 0.3) is 0 Å². The Balaban J connectivity index is 3.37. The summed E-state index contributed by atoms with van der Waals surface area (Å²) in [5.41, 5.74) is -3.49. The Morgan fingerprint density at radius 2 is 1.80 bits per heavy atom. The summed E-state index contributed by atoms with van der Waals surface area (Å²) in [7, 11) is -3.63. The van der Waals surface area contributed by atoms with Gasteiger partial charge in [0, 0.05) is 0 Å². The molecule has 0 bridgehead atoms. The summed E-state index contributed by atoms with van der Waals surface area (Å²) in [5.74, 6) is -0.146. The molecule has 0 radical (unpaired) electrons. The molecule has 0 fully saturated rings. The molecule has 1 atom stereocenters. The van der Waals surface area contributed by atoms with Gasteiger partial charge in [0.05, 0.1) is 10.6 Å². The molecular formula is C13H17F3O3S. The van der Waals surface area contributed by atoms with Crippen LogP contribution in [0.15, 0.2) is 29.2 Å². The molecule has 0 spiro atoms. The fourth-order valence-electron chi connectivity index (χ4n) is 1.90. The lowest BCUT2D eigenvalue weighted by atomic mass is 9.90. The van der Waals surface area contributed by atoms with Gasteiger partial charge in [-0.05, 0) is 30.5 Å². The molecule has 20 heavy (non-hydrogen) atoms. The summed E-state index contributed by atoms with van der Waals surface area (Å²) in [6, 6.07) is 4.44. The van der Waals surface area contributed by atoms with E-state index in [0.717, 1.165) is 12.1 Å². The highest BCUT2D eigenvalue weighted by atomic mass is 32.2. The van der Waals surface area contributed by atoms with Crippen molar-refractivity contribution in [3.05, 3.63) is 29.8 Å². The van der Waals surface area contributed by atoms with Crippen molar-refractivity contribution in [1.82, 2.24) is 0 Å². The Bertz CT molecular complexity index is 566. The number of benzene rings is 1. The first-order chi connectivity index (χ1) is 9.08. The first kappa shape index (κ1) is 17.0. The van der Waals surface area contributed by atoms with Crippen LogP contribution in [0.4, 0.5) is 13.2 Å². The van der Waals surface area contributed by atoms with Gasteiger partial charge in [-0.2, -0.15) is 13.2 Å². The summed E-state index contributed by atoms with van der Waals surface area (Å²) in [4.78, 5) is -0.201. The first-order valence-corrected chi connectivity index (χ1v) is 7.86. The number of rotatable bonds is 5. The Kier molecular flexibility index (Phi) is 4.86. The lowest BCUT2D eigenvalue weighted by Crippen LogP contribution is -2.41. The zero-order valence-electron chi connectivity index (χ0n) is 11.2. The van der Waals surface area contributed by atoms with Crippen molar-refractivity contribution in [3.63, 3.8) is 0 Å². The van der Waals surface area contributed by atoms with E-state index in [1.54, 1.807) is 6.92 Å². The van der Waals surface area contributed by atoms with Crippen molar-refractivity contribution in [2.45, 2.75) is 43.4 Å². The van der Waals surface area contributed by atoms with Crippen molar-refractivity contribution >= 4 is 9.84 Å². The normalized spacial score (nSPS) is 15.9. The average Bonchev–Trinajstić information content (AvgIpc) is 2.36. The quantitative estimate of drug-likeness (QED) is 0.909. The third-order valence-corrected chi connectivity index (χ3v) is 5.04. The second-order valence-electron chi connectivity index (χ2n) is 4.56. The molecule has 0 heterocycles. The van der Waals surface area contributed by atoms with Crippen molar-refractivity contribution in [1.29, 1.82) is 0 Å². The van der Waals surface area contributed by atoms with Crippen molar-refractivity contribution < 1.29 is 26.7 Å². The van der Waals surface area contributed by atoms with Crippen LogP contribution in [-0.4, -0.2) is 25.5 Å². The van der Waals surface area contributed by atoms with Gasteiger partial charge >= 0.3 is 6.18 Å². The predicted molar refractivity (Wildman–Crippen MR) is 69.0 cm³/mol. The summed E-state index contributed by atoms with van der Waals surface area (Å²) in [6.45, 7) is 2.86. The highest BCUT2D eigenvalue weighted by Gasteiger charge is 2.53. The van der Waals surface area contributed by atoms with Gasteiger partial charge in [0.2, 0.25) is 0 Å². The van der Waals surface area contributed by atoms with Gasteiger partial charge in [-0.3, -0.25) is 0 Å². The highest BCUT2D eigenvalue weighted by Crippen LogP contribution is 2.41. The molecule has 1 rings (SSSR count). The third-order valence-electron chi connectivity index (χ3n) is 3.12. The maximum atomic E-state index is 13.0. The zero-order chi connectivity index (χ0) is 15.6. The van der Waals surface area contributed by atoms with Gasteiger partial charge in [-0.15, -0.1) is 0 Å². The molecule has 1 aromatic rings. The minimum atomic E-state index is -4.87. The molecular weight excluding hydrogens is 293 g/mol. The molecule has 7 heteroatoms. The molecule has 0 aliphatic heterocycles. The maximum absolute atomic E-state index is 13.0. The molecule has 0 aliphatic rings. The third kappa shape index (κ3) is 3.15. The van der Waals surface area contributed by atoms with Crippen LogP contribution in [0.3, 0.4) is 0 Å². The predicted octanol–water partition coefficient (Wildman–Crippen LogP) is 3.03. The number of halogens is 3. The van der Waals surface area contributed by atoms with Gasteiger partial charge in [-0.25, -0.2) is 8.42 Å². The van der Waals surface area contributed by atoms with Crippen molar-refractivity contribution in [2.24, 2.45) is 0 Å². The number of hydrogen-bond donors (Lipinski definition) is 1. The molecule has 3 nitrogen and oxygen atoms in total. The van der Waals surface area contributed by atoms with Crippen molar-refractivity contribution in [3.8, 4) is 0 Å². The van der Waals surface area contributed by atoms with Crippen LogP contribution in [0.1, 0.15) is 32.3 Å². The lowest BCUT2D eigenvalue weighted by molar-refractivity contribution is -0.267. The SMILES string of the molecule is CCCS(=O)(=O)c1cccc(C(O)(CC)C(F)(F)F)c1. The fourth-order valence-corrected chi connectivity index (χ4v) is 3.27. The summed E-state index contributed by atoms with van der Waals surface area (Å²) < 4.78 is 62.7. The van der Waals surface area contributed by atoms with E-state index in [2.05, 4.69) is 0 Å². The summed E-state index contributed by atoms with van der Waals surface area (Å²) >= 11 is 0. The number of alkyl halides is 3. The second-order valence-corrected chi connectivity index (χ2v) is 6.67. The van der Waals surface area contributed by atoms with Crippen LogP contribution in [0, 0.1) is 0 Å². The minimum Gasteiger partial charge on any atom is -0.376 e. The lowest BCUT2D eigenvalue weighted by Gasteiger charge is -2.30. The molecule has 0 amide bonds. The van der Waals surface area contributed by atoms with Crippen LogP contribution < -0.4 is 0 Å². The molecule has 0 aliphatic carbocycles. The Morgan fingerprint density at radius 3 is 2.25 bits per heavy atom. The van der Waals surface area contributed by atoms with Crippen LogP contribution >= 0.6 is 0 Å². The van der Waals surface area contributed by atoms with Gasteiger partial charge in [0.1, 0.15) is 0 Å². The summed E-state index contributed by atoms with van der Waals surface area (Å²) in [6.07, 6.45) is -5.09. The molecule has 0 saturated carbocycles. The van der Waals surface area contributed by atoms with Crippen LogP contribution in [0.2, 0.25) is 0 Å². The zero-order valence-corrected chi connectivity index (χ0v) is 12.1. The topological polar surface area (TPSA) is 54.4 Å². The minimum absolute atomic E-state index is 0.146. The fraction of sp³-hybridized carbons (Fsp3) is 0.538. The average molecular weight is 310 g/mol. The van der Waals surface area contributed by atoms with Gasteiger partial charge in [-0.1, -0.05) is 26.0 Å². The molecule has 1 aromatic carbocycles. The summed E-state index contributed by atoms with van der Waals surface area (Å²) in [5, 5.41) is 9.83. The Morgan fingerprint density at radius 1 is 1.20 bits per heavy atom. The Labute approximate surface area is 116 Å². The number of hydrogen-bond acceptors (Lipinski definition) is 3. The molecule has 0 saturated heterocycles. The van der Waals surface area contributed by atoms with Gasteiger partial charge in [0.15, 0.2) is 15.4 Å². The largest absolute Gasteiger partial charge is 0.421 e. The van der Waals surface area contributed by atoms with E-state index in [1.807, 2.05) is 0 Å². The van der Waals surface area contributed by atoms with Gasteiger partial charge < -0.3 is 5.11 Å². The maximum Gasteiger partial charge on any atom is 0.421 e.